The highest BCUT2D eigenvalue weighted by molar-refractivity contribution is 7.89. The fourth-order valence-corrected chi connectivity index (χ4v) is 6.16. The van der Waals surface area contributed by atoms with Gasteiger partial charge in [0.2, 0.25) is 21.7 Å². The maximum absolute atomic E-state index is 13.3. The van der Waals surface area contributed by atoms with Crippen molar-refractivity contribution in [3.63, 3.8) is 0 Å². The molecule has 0 aliphatic rings. The van der Waals surface area contributed by atoms with Gasteiger partial charge in [0.1, 0.15) is 4.90 Å². The number of benzene rings is 3. The molecule has 0 bridgehead atoms. The minimum Gasteiger partial charge on any atom is -0.413 e. The van der Waals surface area contributed by atoms with Crippen molar-refractivity contribution in [2.24, 2.45) is 0 Å². The molecule has 5 aromatic rings. The highest BCUT2D eigenvalue weighted by Crippen LogP contribution is 2.32. The van der Waals surface area contributed by atoms with Gasteiger partial charge in [-0.15, -0.1) is 10.2 Å². The van der Waals surface area contributed by atoms with Gasteiger partial charge in [-0.25, -0.2) is 13.4 Å². The van der Waals surface area contributed by atoms with Crippen LogP contribution in [0.25, 0.3) is 33.6 Å². The number of nitrogens with zero attached hydrogens (tertiary/aromatic N) is 4. The zero-order valence-corrected chi connectivity index (χ0v) is 22.2. The highest BCUT2D eigenvalue weighted by atomic mass is 35.5. The standard InChI is InChI=1S/C28H23ClN4O4S/c1-3-33(4-2)38(35,36)25-16-19(14-15-22(25)29)26(34)28-32-31-27(37-28)21-17-24(18-10-6-5-7-11-18)30-23-13-9-8-12-20(21)23/h5-17H,3-4H2,1-2H3. The van der Waals surface area contributed by atoms with Crippen molar-refractivity contribution < 1.29 is 17.6 Å². The number of halogens is 1. The maximum atomic E-state index is 13.3. The molecule has 0 saturated heterocycles. The number of hydrogen-bond acceptors (Lipinski definition) is 7. The van der Waals surface area contributed by atoms with Crippen LogP contribution in [0.15, 0.2) is 88.2 Å². The van der Waals surface area contributed by atoms with Gasteiger partial charge in [-0.1, -0.05) is 74.0 Å². The zero-order chi connectivity index (χ0) is 26.9. The molecule has 2 aromatic heterocycles. The number of ketones is 1. The monoisotopic (exact) mass is 546 g/mol. The van der Waals surface area contributed by atoms with E-state index in [1.54, 1.807) is 13.8 Å². The summed E-state index contributed by atoms with van der Waals surface area (Å²) in [5.74, 6) is -0.734. The molecule has 0 radical (unpaired) electrons. The van der Waals surface area contributed by atoms with E-state index in [4.69, 9.17) is 21.0 Å². The molecular formula is C28H23ClN4O4S. The second-order valence-corrected chi connectivity index (χ2v) is 10.7. The number of carbonyl (C=O) groups is 1. The lowest BCUT2D eigenvalue weighted by Crippen LogP contribution is -2.31. The average molecular weight is 547 g/mol. The van der Waals surface area contributed by atoms with E-state index in [0.717, 1.165) is 16.5 Å². The predicted octanol–water partition coefficient (Wildman–Crippen LogP) is 5.87. The van der Waals surface area contributed by atoms with Gasteiger partial charge < -0.3 is 4.42 Å². The van der Waals surface area contributed by atoms with Crippen LogP contribution in [0.3, 0.4) is 0 Å². The van der Waals surface area contributed by atoms with E-state index in [1.165, 1.54) is 22.5 Å². The SMILES string of the molecule is CCN(CC)S(=O)(=O)c1cc(C(=O)c2nnc(-c3cc(-c4ccccc4)nc4ccccc34)o2)ccc1Cl. The van der Waals surface area contributed by atoms with E-state index in [0.29, 0.717) is 11.3 Å². The first kappa shape index (κ1) is 25.7. The Kier molecular flexibility index (Phi) is 7.07. The van der Waals surface area contributed by atoms with E-state index in [9.17, 15) is 13.2 Å². The molecule has 0 saturated carbocycles. The molecule has 0 aliphatic carbocycles. The molecule has 0 N–H and O–H groups in total. The molecular weight excluding hydrogens is 524 g/mol. The van der Waals surface area contributed by atoms with Crippen LogP contribution in [0.4, 0.5) is 0 Å². The van der Waals surface area contributed by atoms with Crippen molar-refractivity contribution in [1.82, 2.24) is 19.5 Å². The lowest BCUT2D eigenvalue weighted by molar-refractivity contribution is 0.100. The fourth-order valence-electron chi connectivity index (χ4n) is 4.20. The summed E-state index contributed by atoms with van der Waals surface area (Å²) >= 11 is 6.22. The van der Waals surface area contributed by atoms with Gasteiger partial charge in [-0.3, -0.25) is 4.79 Å². The highest BCUT2D eigenvalue weighted by Gasteiger charge is 2.27. The normalized spacial score (nSPS) is 11.8. The molecule has 38 heavy (non-hydrogen) atoms. The molecule has 0 unspecified atom stereocenters. The molecule has 0 aliphatic heterocycles. The number of rotatable bonds is 8. The molecule has 0 amide bonds. The smallest absolute Gasteiger partial charge is 0.289 e. The summed E-state index contributed by atoms with van der Waals surface area (Å²) in [6.07, 6.45) is 0. The Balaban J connectivity index is 1.55. The molecule has 0 spiro atoms. The first-order valence-corrected chi connectivity index (χ1v) is 13.8. The number of para-hydroxylation sites is 1. The van der Waals surface area contributed by atoms with Crippen molar-refractivity contribution in [3.8, 4) is 22.7 Å². The van der Waals surface area contributed by atoms with E-state index in [1.807, 2.05) is 60.7 Å². The van der Waals surface area contributed by atoms with Crippen molar-refractivity contribution in [3.05, 3.63) is 95.3 Å². The summed E-state index contributed by atoms with van der Waals surface area (Å²) in [6, 6.07) is 23.1. The molecule has 0 fully saturated rings. The van der Waals surface area contributed by atoms with Crippen LogP contribution in [0, 0.1) is 0 Å². The number of carbonyl (C=O) groups excluding carboxylic acids is 1. The molecule has 10 heteroatoms. The Hall–Kier alpha value is -3.92. The van der Waals surface area contributed by atoms with Gasteiger partial charge in [-0.2, -0.15) is 4.31 Å². The first-order chi connectivity index (χ1) is 18.3. The maximum Gasteiger partial charge on any atom is 0.289 e. The summed E-state index contributed by atoms with van der Waals surface area (Å²) in [5, 5.41) is 8.93. The van der Waals surface area contributed by atoms with Gasteiger partial charge in [-0.05, 0) is 30.3 Å². The summed E-state index contributed by atoms with van der Waals surface area (Å²) in [4.78, 5) is 17.9. The van der Waals surface area contributed by atoms with Crippen LogP contribution < -0.4 is 0 Å². The summed E-state index contributed by atoms with van der Waals surface area (Å²) < 4.78 is 33.2. The van der Waals surface area contributed by atoms with Gasteiger partial charge in [0.15, 0.2) is 0 Å². The minimum absolute atomic E-state index is 0.0244. The van der Waals surface area contributed by atoms with Gasteiger partial charge in [0.05, 0.1) is 21.8 Å². The Morgan fingerprint density at radius 1 is 0.921 bits per heavy atom. The number of hydrogen-bond donors (Lipinski definition) is 0. The molecule has 8 nitrogen and oxygen atoms in total. The van der Waals surface area contributed by atoms with E-state index < -0.39 is 15.8 Å². The Morgan fingerprint density at radius 2 is 1.63 bits per heavy atom. The quantitative estimate of drug-likeness (QED) is 0.224. The summed E-state index contributed by atoms with van der Waals surface area (Å²) in [6.45, 7) is 4.00. The van der Waals surface area contributed by atoms with Crippen molar-refractivity contribution in [1.29, 1.82) is 0 Å². The van der Waals surface area contributed by atoms with Crippen LogP contribution in [-0.4, -0.2) is 46.8 Å². The molecule has 5 rings (SSSR count). The van der Waals surface area contributed by atoms with Crippen molar-refractivity contribution in [2.75, 3.05) is 13.1 Å². The van der Waals surface area contributed by atoms with Crippen LogP contribution in [-0.2, 0) is 10.0 Å². The summed E-state index contributed by atoms with van der Waals surface area (Å²) in [5.41, 5.74) is 3.06. The number of fused-ring (bicyclic) bond motifs is 1. The Bertz CT molecular complexity index is 1750. The fraction of sp³-hybridized carbons (Fsp3) is 0.143. The van der Waals surface area contributed by atoms with Gasteiger partial charge >= 0.3 is 0 Å². The third kappa shape index (κ3) is 4.71. The van der Waals surface area contributed by atoms with Crippen LogP contribution in [0.2, 0.25) is 5.02 Å². The zero-order valence-electron chi connectivity index (χ0n) is 20.6. The topological polar surface area (TPSA) is 106 Å². The van der Waals surface area contributed by atoms with E-state index in [2.05, 4.69) is 10.2 Å². The summed E-state index contributed by atoms with van der Waals surface area (Å²) in [7, 11) is -3.89. The number of aromatic nitrogens is 3. The first-order valence-electron chi connectivity index (χ1n) is 12.0. The van der Waals surface area contributed by atoms with Gasteiger partial charge in [0.25, 0.3) is 5.89 Å². The molecule has 3 aromatic carbocycles. The third-order valence-electron chi connectivity index (χ3n) is 6.15. The minimum atomic E-state index is -3.89. The second kappa shape index (κ2) is 10.4. The van der Waals surface area contributed by atoms with Crippen molar-refractivity contribution >= 4 is 38.3 Å². The Labute approximate surface area is 225 Å². The average Bonchev–Trinajstić information content (AvgIpc) is 3.43. The number of sulfonamides is 1. The predicted molar refractivity (Wildman–Crippen MR) is 145 cm³/mol. The molecule has 192 valence electrons. The van der Waals surface area contributed by atoms with Crippen LogP contribution in [0.5, 0.6) is 0 Å². The van der Waals surface area contributed by atoms with Crippen LogP contribution in [0.1, 0.15) is 30.1 Å². The second-order valence-electron chi connectivity index (χ2n) is 8.41. The van der Waals surface area contributed by atoms with E-state index in [-0.39, 0.29) is 40.4 Å². The lowest BCUT2D eigenvalue weighted by Gasteiger charge is -2.19. The van der Waals surface area contributed by atoms with Crippen molar-refractivity contribution in [2.45, 2.75) is 18.7 Å². The number of pyridine rings is 1. The van der Waals surface area contributed by atoms with Crippen LogP contribution >= 0.6 is 11.6 Å². The molecule has 2 heterocycles. The largest absolute Gasteiger partial charge is 0.413 e. The molecule has 0 atom stereocenters. The van der Waals surface area contributed by atoms with Gasteiger partial charge in [0, 0.05) is 29.6 Å². The third-order valence-corrected chi connectivity index (χ3v) is 8.68. The Morgan fingerprint density at radius 3 is 2.37 bits per heavy atom. The lowest BCUT2D eigenvalue weighted by atomic mass is 10.0. The van der Waals surface area contributed by atoms with E-state index >= 15 is 0 Å².